The zero-order valence-corrected chi connectivity index (χ0v) is 9.99. The van der Waals surface area contributed by atoms with Crippen LogP contribution in [0.1, 0.15) is 18.3 Å². The standard InChI is InChI=1S/C12H12ClN3/c1-3-10-15-11(8(2)12(13)16-10)9-5-4-6-14-7-9/h4-7H,3H2,1-2H3. The molecular weight excluding hydrogens is 222 g/mol. The molecule has 0 saturated carbocycles. The van der Waals surface area contributed by atoms with Gasteiger partial charge in [0.05, 0.1) is 5.69 Å². The summed E-state index contributed by atoms with van der Waals surface area (Å²) in [5.41, 5.74) is 2.73. The molecule has 0 amide bonds. The zero-order valence-electron chi connectivity index (χ0n) is 9.24. The third-order valence-corrected chi connectivity index (χ3v) is 2.75. The van der Waals surface area contributed by atoms with Gasteiger partial charge in [0, 0.05) is 29.9 Å². The third kappa shape index (κ3) is 2.04. The van der Waals surface area contributed by atoms with Crippen LogP contribution in [0.2, 0.25) is 5.15 Å². The molecule has 4 heteroatoms. The summed E-state index contributed by atoms with van der Waals surface area (Å²) in [7, 11) is 0. The van der Waals surface area contributed by atoms with Gasteiger partial charge in [0.1, 0.15) is 11.0 Å². The predicted molar refractivity (Wildman–Crippen MR) is 64.4 cm³/mol. The van der Waals surface area contributed by atoms with Crippen molar-refractivity contribution in [3.8, 4) is 11.3 Å². The van der Waals surface area contributed by atoms with Gasteiger partial charge in [-0.25, -0.2) is 9.97 Å². The fourth-order valence-corrected chi connectivity index (χ4v) is 1.66. The molecule has 0 radical (unpaired) electrons. The number of rotatable bonds is 2. The van der Waals surface area contributed by atoms with Crippen LogP contribution in [0.5, 0.6) is 0 Å². The number of aromatic nitrogens is 3. The van der Waals surface area contributed by atoms with Crippen molar-refractivity contribution in [2.24, 2.45) is 0 Å². The van der Waals surface area contributed by atoms with Gasteiger partial charge in [-0.1, -0.05) is 18.5 Å². The first kappa shape index (κ1) is 11.0. The fraction of sp³-hybridized carbons (Fsp3) is 0.250. The molecule has 3 nitrogen and oxygen atoms in total. The van der Waals surface area contributed by atoms with E-state index in [2.05, 4.69) is 15.0 Å². The Morgan fingerprint density at radius 3 is 2.75 bits per heavy atom. The summed E-state index contributed by atoms with van der Waals surface area (Å²) in [4.78, 5) is 12.8. The molecule has 0 spiro atoms. The minimum Gasteiger partial charge on any atom is -0.264 e. The largest absolute Gasteiger partial charge is 0.264 e. The van der Waals surface area contributed by atoms with E-state index in [4.69, 9.17) is 11.6 Å². The summed E-state index contributed by atoms with van der Waals surface area (Å²) >= 11 is 6.08. The Bertz CT molecular complexity index is 497. The van der Waals surface area contributed by atoms with Gasteiger partial charge in [0.2, 0.25) is 0 Å². The Balaban J connectivity index is 2.60. The normalized spacial score (nSPS) is 10.4. The third-order valence-electron chi connectivity index (χ3n) is 2.38. The van der Waals surface area contributed by atoms with E-state index in [-0.39, 0.29) is 0 Å². The highest BCUT2D eigenvalue weighted by Crippen LogP contribution is 2.24. The Morgan fingerprint density at radius 2 is 2.12 bits per heavy atom. The van der Waals surface area contributed by atoms with Crippen LogP contribution < -0.4 is 0 Å². The highest BCUT2D eigenvalue weighted by molar-refractivity contribution is 6.30. The minimum atomic E-state index is 0.519. The second-order valence-corrected chi connectivity index (χ2v) is 3.86. The summed E-state index contributed by atoms with van der Waals surface area (Å²) in [5.74, 6) is 0.759. The molecule has 16 heavy (non-hydrogen) atoms. The lowest BCUT2D eigenvalue weighted by Gasteiger charge is -2.07. The van der Waals surface area contributed by atoms with Crippen LogP contribution in [0.4, 0.5) is 0 Å². The molecule has 0 N–H and O–H groups in total. The van der Waals surface area contributed by atoms with Gasteiger partial charge < -0.3 is 0 Å². The first-order valence-electron chi connectivity index (χ1n) is 5.15. The molecule has 0 bridgehead atoms. The smallest absolute Gasteiger partial charge is 0.136 e. The van der Waals surface area contributed by atoms with E-state index in [1.54, 1.807) is 12.4 Å². The van der Waals surface area contributed by atoms with Gasteiger partial charge in [-0.3, -0.25) is 4.98 Å². The molecule has 82 valence electrons. The van der Waals surface area contributed by atoms with Crippen molar-refractivity contribution in [2.75, 3.05) is 0 Å². The molecule has 0 aromatic carbocycles. The molecule has 0 saturated heterocycles. The van der Waals surface area contributed by atoms with Gasteiger partial charge in [-0.2, -0.15) is 0 Å². The Hall–Kier alpha value is -1.48. The summed E-state index contributed by atoms with van der Waals surface area (Å²) < 4.78 is 0. The number of halogens is 1. The van der Waals surface area contributed by atoms with E-state index in [0.29, 0.717) is 5.15 Å². The molecule has 0 atom stereocenters. The molecule has 0 aliphatic carbocycles. The van der Waals surface area contributed by atoms with Gasteiger partial charge in [0.25, 0.3) is 0 Å². The van der Waals surface area contributed by atoms with Crippen molar-refractivity contribution in [2.45, 2.75) is 20.3 Å². The molecule has 2 heterocycles. The van der Waals surface area contributed by atoms with E-state index in [0.717, 1.165) is 29.1 Å². The minimum absolute atomic E-state index is 0.519. The average Bonchev–Trinajstić information content (AvgIpc) is 2.33. The van der Waals surface area contributed by atoms with E-state index in [1.807, 2.05) is 26.0 Å². The van der Waals surface area contributed by atoms with E-state index < -0.39 is 0 Å². The van der Waals surface area contributed by atoms with E-state index in [9.17, 15) is 0 Å². The topological polar surface area (TPSA) is 38.7 Å². The lowest BCUT2D eigenvalue weighted by molar-refractivity contribution is 0.933. The highest BCUT2D eigenvalue weighted by atomic mass is 35.5. The Morgan fingerprint density at radius 1 is 1.31 bits per heavy atom. The van der Waals surface area contributed by atoms with Crippen molar-refractivity contribution in [1.29, 1.82) is 0 Å². The van der Waals surface area contributed by atoms with Crippen LogP contribution in [0.25, 0.3) is 11.3 Å². The zero-order chi connectivity index (χ0) is 11.5. The number of hydrogen-bond donors (Lipinski definition) is 0. The maximum Gasteiger partial charge on any atom is 0.136 e. The molecule has 2 aromatic rings. The van der Waals surface area contributed by atoms with Gasteiger partial charge in [0.15, 0.2) is 0 Å². The predicted octanol–water partition coefficient (Wildman–Crippen LogP) is 3.06. The first-order valence-corrected chi connectivity index (χ1v) is 5.53. The summed E-state index contributed by atoms with van der Waals surface area (Å²) in [5, 5.41) is 0.519. The lowest BCUT2D eigenvalue weighted by atomic mass is 10.1. The molecule has 0 unspecified atom stereocenters. The van der Waals surface area contributed by atoms with Gasteiger partial charge in [-0.05, 0) is 19.1 Å². The van der Waals surface area contributed by atoms with Gasteiger partial charge in [-0.15, -0.1) is 0 Å². The number of pyridine rings is 1. The SMILES string of the molecule is CCc1nc(Cl)c(C)c(-c2cccnc2)n1. The summed E-state index contributed by atoms with van der Waals surface area (Å²) in [6.07, 6.45) is 4.29. The van der Waals surface area contributed by atoms with E-state index in [1.165, 1.54) is 0 Å². The van der Waals surface area contributed by atoms with E-state index >= 15 is 0 Å². The van der Waals surface area contributed by atoms with Crippen LogP contribution in [0, 0.1) is 6.92 Å². The lowest BCUT2D eigenvalue weighted by Crippen LogP contribution is -1.99. The summed E-state index contributed by atoms with van der Waals surface area (Å²) in [6, 6.07) is 3.86. The van der Waals surface area contributed by atoms with Crippen LogP contribution >= 0.6 is 11.6 Å². The summed E-state index contributed by atoms with van der Waals surface area (Å²) in [6.45, 7) is 3.93. The van der Waals surface area contributed by atoms with Crippen LogP contribution in [0.15, 0.2) is 24.5 Å². The highest BCUT2D eigenvalue weighted by Gasteiger charge is 2.10. The first-order chi connectivity index (χ1) is 7.72. The van der Waals surface area contributed by atoms with Crippen molar-refractivity contribution in [3.05, 3.63) is 41.1 Å². The number of hydrogen-bond acceptors (Lipinski definition) is 3. The second-order valence-electron chi connectivity index (χ2n) is 3.50. The maximum atomic E-state index is 6.08. The molecule has 0 aliphatic heterocycles. The quantitative estimate of drug-likeness (QED) is 0.749. The second kappa shape index (κ2) is 4.58. The monoisotopic (exact) mass is 233 g/mol. The number of nitrogens with zero attached hydrogens (tertiary/aromatic N) is 3. The average molecular weight is 234 g/mol. The molecule has 0 fully saturated rings. The van der Waals surface area contributed by atoms with Crippen LogP contribution in [-0.4, -0.2) is 15.0 Å². The maximum absolute atomic E-state index is 6.08. The van der Waals surface area contributed by atoms with Gasteiger partial charge >= 0.3 is 0 Å². The molecule has 0 aliphatic rings. The van der Waals surface area contributed by atoms with Crippen LogP contribution in [-0.2, 0) is 6.42 Å². The van der Waals surface area contributed by atoms with Crippen molar-refractivity contribution < 1.29 is 0 Å². The van der Waals surface area contributed by atoms with Crippen molar-refractivity contribution in [1.82, 2.24) is 15.0 Å². The van der Waals surface area contributed by atoms with Crippen molar-refractivity contribution in [3.63, 3.8) is 0 Å². The van der Waals surface area contributed by atoms with Crippen LogP contribution in [0.3, 0.4) is 0 Å². The molecule has 2 aromatic heterocycles. The Kier molecular flexibility index (Phi) is 3.15. The fourth-order valence-electron chi connectivity index (χ4n) is 1.47. The van der Waals surface area contributed by atoms with Crippen molar-refractivity contribution >= 4 is 11.6 Å². The molecular formula is C12H12ClN3. The Labute approximate surface area is 99.5 Å². The number of aryl methyl sites for hydroxylation is 1. The molecule has 2 rings (SSSR count).